The summed E-state index contributed by atoms with van der Waals surface area (Å²) in [4.78, 5) is 27.1. The van der Waals surface area contributed by atoms with E-state index in [2.05, 4.69) is 0 Å². The van der Waals surface area contributed by atoms with Crippen LogP contribution in [0.4, 0.5) is 0 Å². The first kappa shape index (κ1) is 25.5. The fraction of sp³-hybridized carbons (Fsp3) is 0.429. The molecule has 2 aromatic rings. The van der Waals surface area contributed by atoms with Crippen LogP contribution in [0.15, 0.2) is 50.2 Å². The molecule has 1 aromatic heterocycles. The molecule has 0 spiro atoms. The Hall–Kier alpha value is -3.12. The SMILES string of the molecule is CC(C)=CCc1c(O)cc2oc3c(c(=O)c2c1O)C[C@@H](CC=C(C)C)C(=O)[C@]3(O)CC=C(C)C. The molecule has 2 atom stereocenters. The van der Waals surface area contributed by atoms with Gasteiger partial charge in [0.15, 0.2) is 22.6 Å². The van der Waals surface area contributed by atoms with Gasteiger partial charge in [0, 0.05) is 29.5 Å². The molecule has 3 rings (SSSR count). The van der Waals surface area contributed by atoms with Gasteiger partial charge in [-0.2, -0.15) is 0 Å². The van der Waals surface area contributed by atoms with Crippen LogP contribution in [0.5, 0.6) is 11.5 Å². The van der Waals surface area contributed by atoms with Crippen LogP contribution in [0.1, 0.15) is 71.3 Å². The van der Waals surface area contributed by atoms with Crippen LogP contribution in [0.3, 0.4) is 0 Å². The van der Waals surface area contributed by atoms with Gasteiger partial charge in [-0.15, -0.1) is 0 Å². The van der Waals surface area contributed by atoms with E-state index in [-0.39, 0.29) is 58.6 Å². The number of phenolic OH excluding ortho intramolecular Hbond substituents is 2. The highest BCUT2D eigenvalue weighted by Crippen LogP contribution is 2.42. The Morgan fingerprint density at radius 2 is 1.65 bits per heavy atom. The average molecular weight is 467 g/mol. The molecule has 0 amide bonds. The second-order valence-corrected chi connectivity index (χ2v) is 9.95. The van der Waals surface area contributed by atoms with Gasteiger partial charge in [0.2, 0.25) is 0 Å². The van der Waals surface area contributed by atoms with Gasteiger partial charge in [-0.25, -0.2) is 0 Å². The summed E-state index contributed by atoms with van der Waals surface area (Å²) in [6.45, 7) is 11.4. The van der Waals surface area contributed by atoms with Crippen molar-refractivity contribution >= 4 is 16.8 Å². The zero-order valence-electron chi connectivity index (χ0n) is 20.8. The zero-order valence-corrected chi connectivity index (χ0v) is 20.8. The summed E-state index contributed by atoms with van der Waals surface area (Å²) < 4.78 is 5.95. The molecule has 0 saturated carbocycles. The number of Topliss-reactive ketones (excluding diaryl/α,β-unsaturated/α-hetero) is 1. The van der Waals surface area contributed by atoms with Gasteiger partial charge < -0.3 is 19.7 Å². The first-order valence-electron chi connectivity index (χ1n) is 11.6. The fourth-order valence-corrected chi connectivity index (χ4v) is 4.33. The highest BCUT2D eigenvalue weighted by molar-refractivity contribution is 5.94. The van der Waals surface area contributed by atoms with E-state index in [4.69, 9.17) is 4.42 Å². The minimum atomic E-state index is -2.01. The van der Waals surface area contributed by atoms with E-state index in [0.29, 0.717) is 6.42 Å². The molecule has 0 bridgehead atoms. The average Bonchev–Trinajstić information content (AvgIpc) is 2.74. The largest absolute Gasteiger partial charge is 0.507 e. The third kappa shape index (κ3) is 4.73. The number of rotatable bonds is 6. The van der Waals surface area contributed by atoms with Crippen LogP contribution in [0.2, 0.25) is 0 Å². The summed E-state index contributed by atoms with van der Waals surface area (Å²) in [6, 6.07) is 1.27. The minimum Gasteiger partial charge on any atom is -0.507 e. The summed E-state index contributed by atoms with van der Waals surface area (Å²) in [6.07, 6.45) is 6.22. The molecule has 0 aliphatic heterocycles. The third-order valence-electron chi connectivity index (χ3n) is 6.27. The first-order chi connectivity index (χ1) is 15.9. The van der Waals surface area contributed by atoms with Crippen molar-refractivity contribution in [3.05, 3.63) is 68.1 Å². The molecule has 182 valence electrons. The highest BCUT2D eigenvalue weighted by atomic mass is 16.4. The topological polar surface area (TPSA) is 108 Å². The number of benzene rings is 1. The maximum atomic E-state index is 13.6. The van der Waals surface area contributed by atoms with Crippen molar-refractivity contribution in [1.29, 1.82) is 0 Å². The van der Waals surface area contributed by atoms with Gasteiger partial charge in [0.25, 0.3) is 0 Å². The highest BCUT2D eigenvalue weighted by Gasteiger charge is 2.49. The monoisotopic (exact) mass is 466 g/mol. The molecule has 1 aliphatic carbocycles. The smallest absolute Gasteiger partial charge is 0.200 e. The van der Waals surface area contributed by atoms with Gasteiger partial charge >= 0.3 is 0 Å². The van der Waals surface area contributed by atoms with Crippen molar-refractivity contribution in [2.24, 2.45) is 5.92 Å². The number of hydrogen-bond donors (Lipinski definition) is 3. The molecule has 6 nitrogen and oxygen atoms in total. The second kappa shape index (κ2) is 9.63. The summed E-state index contributed by atoms with van der Waals surface area (Å²) in [5.41, 5.74) is 0.812. The van der Waals surface area contributed by atoms with Crippen molar-refractivity contribution < 1.29 is 24.5 Å². The Morgan fingerprint density at radius 1 is 1.03 bits per heavy atom. The number of hydrogen-bond acceptors (Lipinski definition) is 6. The maximum absolute atomic E-state index is 13.6. The Balaban J connectivity index is 2.31. The van der Waals surface area contributed by atoms with Crippen molar-refractivity contribution in [1.82, 2.24) is 0 Å². The number of fused-ring (bicyclic) bond motifs is 2. The molecule has 1 aliphatic rings. The van der Waals surface area contributed by atoms with Gasteiger partial charge in [-0.05, 0) is 60.8 Å². The molecular weight excluding hydrogens is 432 g/mol. The van der Waals surface area contributed by atoms with Crippen LogP contribution >= 0.6 is 0 Å². The Labute approximate surface area is 199 Å². The van der Waals surface area contributed by atoms with Gasteiger partial charge in [0.05, 0.1) is 0 Å². The van der Waals surface area contributed by atoms with E-state index in [1.807, 2.05) is 53.7 Å². The van der Waals surface area contributed by atoms with Crippen LogP contribution in [-0.4, -0.2) is 21.1 Å². The van der Waals surface area contributed by atoms with Crippen molar-refractivity contribution in [3.8, 4) is 11.5 Å². The second-order valence-electron chi connectivity index (χ2n) is 9.95. The lowest BCUT2D eigenvalue weighted by Crippen LogP contribution is -2.46. The number of carbonyl (C=O) groups is 1. The molecule has 0 radical (unpaired) electrons. The standard InChI is InChI=1S/C28H34O6/c1-15(2)7-9-18-13-20-25(31)23-22(14-21(29)19(24(23)30)10-8-16(3)4)34-27(20)28(33,26(18)32)12-11-17(5)6/h7-8,11,14,18,29-30,33H,9-10,12-13H2,1-6H3/t18-,28-/m1/s1. The third-order valence-corrected chi connectivity index (χ3v) is 6.27. The number of aromatic hydroxyl groups is 2. The molecule has 34 heavy (non-hydrogen) atoms. The van der Waals surface area contributed by atoms with Gasteiger partial charge in [0.1, 0.15) is 22.5 Å². The van der Waals surface area contributed by atoms with Crippen LogP contribution in [0, 0.1) is 5.92 Å². The molecular formula is C28H34O6. The fourth-order valence-electron chi connectivity index (χ4n) is 4.33. The Morgan fingerprint density at radius 3 is 2.24 bits per heavy atom. The lowest BCUT2D eigenvalue weighted by atomic mass is 9.72. The molecule has 0 fully saturated rings. The maximum Gasteiger partial charge on any atom is 0.200 e. The molecule has 6 heteroatoms. The van der Waals surface area contributed by atoms with E-state index >= 15 is 0 Å². The Bertz CT molecular complexity index is 1280. The van der Waals surface area contributed by atoms with E-state index < -0.39 is 22.7 Å². The lowest BCUT2D eigenvalue weighted by Gasteiger charge is -2.35. The predicted octanol–water partition coefficient (Wildman–Crippen LogP) is 5.35. The number of phenols is 2. The number of carbonyl (C=O) groups excluding carboxylic acids is 1. The van der Waals surface area contributed by atoms with Crippen molar-refractivity contribution in [2.45, 2.75) is 72.8 Å². The van der Waals surface area contributed by atoms with Crippen LogP contribution < -0.4 is 5.43 Å². The van der Waals surface area contributed by atoms with Crippen LogP contribution in [0.25, 0.3) is 11.0 Å². The van der Waals surface area contributed by atoms with E-state index in [9.17, 15) is 24.9 Å². The number of allylic oxidation sites excluding steroid dienone is 5. The van der Waals surface area contributed by atoms with Gasteiger partial charge in [-0.3, -0.25) is 9.59 Å². The Kier molecular flexibility index (Phi) is 7.22. The van der Waals surface area contributed by atoms with Crippen molar-refractivity contribution in [3.63, 3.8) is 0 Å². The predicted molar refractivity (Wildman–Crippen MR) is 133 cm³/mol. The molecule has 1 aromatic carbocycles. The molecule has 3 N–H and O–H groups in total. The number of ketones is 1. The number of aliphatic hydroxyl groups is 1. The van der Waals surface area contributed by atoms with E-state index in [1.165, 1.54) is 6.07 Å². The zero-order chi connectivity index (χ0) is 25.4. The summed E-state index contributed by atoms with van der Waals surface area (Å²) in [5, 5.41) is 33.0. The van der Waals surface area contributed by atoms with E-state index in [0.717, 1.165) is 16.7 Å². The summed E-state index contributed by atoms with van der Waals surface area (Å²) in [7, 11) is 0. The lowest BCUT2D eigenvalue weighted by molar-refractivity contribution is -0.146. The summed E-state index contributed by atoms with van der Waals surface area (Å²) >= 11 is 0. The quantitative estimate of drug-likeness (QED) is 0.495. The summed E-state index contributed by atoms with van der Waals surface area (Å²) in [5.74, 6) is -1.65. The minimum absolute atomic E-state index is 0.0302. The molecule has 0 unspecified atom stereocenters. The first-order valence-corrected chi connectivity index (χ1v) is 11.6. The molecule has 1 heterocycles. The van der Waals surface area contributed by atoms with Crippen LogP contribution in [-0.2, 0) is 23.2 Å². The molecule has 0 saturated heterocycles. The van der Waals surface area contributed by atoms with E-state index in [1.54, 1.807) is 6.08 Å². The van der Waals surface area contributed by atoms with Gasteiger partial charge in [-0.1, -0.05) is 34.9 Å². The normalized spacial score (nSPS) is 19.5. The van der Waals surface area contributed by atoms with Crippen molar-refractivity contribution in [2.75, 3.05) is 0 Å².